The van der Waals surface area contributed by atoms with E-state index in [4.69, 9.17) is 0 Å². The summed E-state index contributed by atoms with van der Waals surface area (Å²) in [5.41, 5.74) is 5.76. The Hall–Kier alpha value is -4.54. The van der Waals surface area contributed by atoms with Crippen LogP contribution in [0.5, 0.6) is 0 Å². The molecular weight excluding hydrogens is 584 g/mol. The number of nitrogens with zero attached hydrogens (tertiary/aromatic N) is 4. The predicted molar refractivity (Wildman–Crippen MR) is 182 cm³/mol. The molecule has 0 aliphatic carbocycles. The van der Waals surface area contributed by atoms with Crippen LogP contribution >= 0.6 is 11.3 Å². The van der Waals surface area contributed by atoms with Gasteiger partial charge >= 0.3 is 0 Å². The van der Waals surface area contributed by atoms with Crippen molar-refractivity contribution < 1.29 is 14.4 Å². The number of aryl methyl sites for hydroxylation is 1. The number of nitrogens with one attached hydrogen (secondary N) is 2. The van der Waals surface area contributed by atoms with Crippen LogP contribution in [0.15, 0.2) is 78.2 Å². The summed E-state index contributed by atoms with van der Waals surface area (Å²) in [5.74, 6) is -0.754. The molecule has 2 amide bonds. The highest BCUT2D eigenvalue weighted by Crippen LogP contribution is 2.23. The van der Waals surface area contributed by atoms with E-state index in [1.54, 1.807) is 36.2 Å². The third kappa shape index (κ3) is 9.47. The van der Waals surface area contributed by atoms with Gasteiger partial charge in [-0.1, -0.05) is 36.4 Å². The molecule has 1 aromatic heterocycles. The number of hydrogen-bond donors (Lipinski definition) is 2. The molecule has 0 aliphatic heterocycles. The molecule has 1 heterocycles. The number of anilines is 2. The van der Waals surface area contributed by atoms with Crippen molar-refractivity contribution in [2.24, 2.45) is 0 Å². The number of aromatic nitrogens is 1. The van der Waals surface area contributed by atoms with Crippen LogP contribution in [0, 0.1) is 6.92 Å². The van der Waals surface area contributed by atoms with Gasteiger partial charge in [0.05, 0.1) is 19.1 Å². The highest BCUT2D eigenvalue weighted by molar-refractivity contribution is 7.09. The van der Waals surface area contributed by atoms with Gasteiger partial charge in [-0.3, -0.25) is 14.4 Å². The first kappa shape index (κ1) is 33.4. The number of Topliss-reactive ketones (excluding diaryl/α,β-unsaturated/α-hetero) is 1. The second-order valence-corrected chi connectivity index (χ2v) is 12.5. The van der Waals surface area contributed by atoms with Gasteiger partial charge in [-0.2, -0.15) is 0 Å². The molecule has 4 aromatic rings. The Bertz CT molecular complexity index is 1590. The molecule has 9 nitrogen and oxygen atoms in total. The van der Waals surface area contributed by atoms with Gasteiger partial charge in [0, 0.05) is 75.4 Å². The lowest BCUT2D eigenvalue weighted by Gasteiger charge is -2.21. The number of benzene rings is 3. The Kier molecular flexibility index (Phi) is 11.5. The van der Waals surface area contributed by atoms with Gasteiger partial charge in [0.25, 0.3) is 11.8 Å². The number of hydrogen-bond acceptors (Lipinski definition) is 8. The van der Waals surface area contributed by atoms with E-state index in [0.29, 0.717) is 30.6 Å². The van der Waals surface area contributed by atoms with Crippen molar-refractivity contribution in [1.29, 1.82) is 0 Å². The van der Waals surface area contributed by atoms with Gasteiger partial charge in [0.1, 0.15) is 5.01 Å². The molecule has 4 rings (SSSR count). The van der Waals surface area contributed by atoms with Crippen molar-refractivity contribution in [2.45, 2.75) is 32.5 Å². The van der Waals surface area contributed by atoms with Crippen molar-refractivity contribution in [3.63, 3.8) is 0 Å². The van der Waals surface area contributed by atoms with Gasteiger partial charge in [-0.05, 0) is 60.9 Å². The molecule has 0 unspecified atom stereocenters. The molecule has 3 aromatic carbocycles. The molecule has 0 aliphatic rings. The van der Waals surface area contributed by atoms with Crippen molar-refractivity contribution in [3.05, 3.63) is 111 Å². The summed E-state index contributed by atoms with van der Waals surface area (Å²) in [4.78, 5) is 50.3. The lowest BCUT2D eigenvalue weighted by Crippen LogP contribution is -2.45. The van der Waals surface area contributed by atoms with Crippen molar-refractivity contribution in [2.75, 3.05) is 51.6 Å². The Morgan fingerprint density at radius 3 is 2.11 bits per heavy atom. The minimum Gasteiger partial charge on any atom is -0.378 e. The molecule has 10 heteroatoms. The first-order chi connectivity index (χ1) is 21.5. The third-order valence-electron chi connectivity index (χ3n) is 7.36. The molecule has 0 saturated heterocycles. The lowest BCUT2D eigenvalue weighted by molar-refractivity contribution is -0.120. The Balaban J connectivity index is 1.45. The van der Waals surface area contributed by atoms with Gasteiger partial charge in [0.15, 0.2) is 5.78 Å². The number of thiazole rings is 1. The van der Waals surface area contributed by atoms with Crippen LogP contribution in [-0.4, -0.2) is 75.3 Å². The summed E-state index contributed by atoms with van der Waals surface area (Å²) in [6.07, 6.45) is 0.350. The SMILES string of the molecule is Cc1csc(CN(C)C(=O)c2cccc(C(=O)N[C@@H](Cc3ccccc3)C(=O)CNCc3cc(N(C)C)cc(N(C)C)c3)c2)n1. The predicted octanol–water partition coefficient (Wildman–Crippen LogP) is 4.56. The fraction of sp³-hybridized carbons (Fsp3) is 0.314. The first-order valence-corrected chi connectivity index (χ1v) is 15.7. The van der Waals surface area contributed by atoms with Gasteiger partial charge in [-0.25, -0.2) is 4.98 Å². The second-order valence-electron chi connectivity index (χ2n) is 11.6. The highest BCUT2D eigenvalue weighted by Gasteiger charge is 2.23. The van der Waals surface area contributed by atoms with Crippen molar-refractivity contribution >= 4 is 40.3 Å². The summed E-state index contributed by atoms with van der Waals surface area (Å²) in [5, 5.41) is 9.01. The summed E-state index contributed by atoms with van der Waals surface area (Å²) in [7, 11) is 9.71. The average Bonchev–Trinajstić information content (AvgIpc) is 3.44. The Morgan fingerprint density at radius 2 is 1.49 bits per heavy atom. The first-order valence-electron chi connectivity index (χ1n) is 14.8. The van der Waals surface area contributed by atoms with E-state index in [1.807, 2.05) is 70.8 Å². The van der Waals surface area contributed by atoms with E-state index >= 15 is 0 Å². The van der Waals surface area contributed by atoms with Crippen molar-refractivity contribution in [1.82, 2.24) is 20.5 Å². The zero-order valence-corrected chi connectivity index (χ0v) is 27.6. The van der Waals surface area contributed by atoms with E-state index in [-0.39, 0.29) is 18.2 Å². The molecule has 0 saturated carbocycles. The van der Waals surface area contributed by atoms with Crippen LogP contribution in [0.4, 0.5) is 11.4 Å². The maximum Gasteiger partial charge on any atom is 0.253 e. The Labute approximate surface area is 269 Å². The molecule has 45 heavy (non-hydrogen) atoms. The molecule has 0 radical (unpaired) electrons. The number of carbonyl (C=O) groups is 3. The van der Waals surface area contributed by atoms with E-state index in [9.17, 15) is 14.4 Å². The standard InChI is InChI=1S/C35H42N6O3S/c1-24-23-45-33(37-24)22-41(6)35(44)28-14-10-13-27(18-28)34(43)38-31(17-25-11-8-7-9-12-25)32(42)21-36-20-26-15-29(39(2)3)19-30(16-26)40(4)5/h7-16,18-19,23,31,36H,17,20-22H2,1-6H3,(H,38,43)/t31-/m0/s1. The van der Waals surface area contributed by atoms with E-state index in [2.05, 4.69) is 43.6 Å². The minimum atomic E-state index is -0.756. The fourth-order valence-electron chi connectivity index (χ4n) is 4.83. The van der Waals surface area contributed by atoms with Crippen LogP contribution in [0.3, 0.4) is 0 Å². The van der Waals surface area contributed by atoms with E-state index in [1.165, 1.54) is 11.3 Å². The smallest absolute Gasteiger partial charge is 0.253 e. The zero-order valence-electron chi connectivity index (χ0n) is 26.8. The normalized spacial score (nSPS) is 11.5. The summed E-state index contributed by atoms with van der Waals surface area (Å²) < 4.78 is 0. The topological polar surface area (TPSA) is 97.9 Å². The summed E-state index contributed by atoms with van der Waals surface area (Å²) >= 11 is 1.51. The largest absolute Gasteiger partial charge is 0.378 e. The number of ketones is 1. The van der Waals surface area contributed by atoms with Crippen LogP contribution in [-0.2, 0) is 24.3 Å². The summed E-state index contributed by atoms with van der Waals surface area (Å²) in [6.45, 7) is 2.88. The van der Waals surface area contributed by atoms with Crippen LogP contribution in [0.2, 0.25) is 0 Å². The third-order valence-corrected chi connectivity index (χ3v) is 8.31. The maximum atomic E-state index is 13.5. The van der Waals surface area contributed by atoms with Crippen molar-refractivity contribution in [3.8, 4) is 0 Å². The fourth-order valence-corrected chi connectivity index (χ4v) is 5.65. The lowest BCUT2D eigenvalue weighted by atomic mass is 10.0. The molecule has 0 spiro atoms. The monoisotopic (exact) mass is 626 g/mol. The van der Waals surface area contributed by atoms with Gasteiger partial charge < -0.3 is 25.3 Å². The number of rotatable bonds is 14. The molecule has 0 fully saturated rings. The van der Waals surface area contributed by atoms with Crippen LogP contribution < -0.4 is 20.4 Å². The van der Waals surface area contributed by atoms with Crippen LogP contribution in [0.1, 0.15) is 42.5 Å². The van der Waals surface area contributed by atoms with Crippen LogP contribution in [0.25, 0.3) is 0 Å². The van der Waals surface area contributed by atoms with Gasteiger partial charge in [0.2, 0.25) is 0 Å². The molecule has 0 bridgehead atoms. The van der Waals surface area contributed by atoms with E-state index < -0.39 is 11.9 Å². The number of carbonyl (C=O) groups excluding carboxylic acids is 3. The Morgan fingerprint density at radius 1 is 0.822 bits per heavy atom. The molecule has 2 N–H and O–H groups in total. The maximum absolute atomic E-state index is 13.5. The summed E-state index contributed by atoms with van der Waals surface area (Å²) in [6, 6.07) is 21.8. The minimum absolute atomic E-state index is 0.0841. The van der Waals surface area contributed by atoms with Gasteiger partial charge in [-0.15, -0.1) is 11.3 Å². The number of amides is 2. The quantitative estimate of drug-likeness (QED) is 0.212. The second kappa shape index (κ2) is 15.5. The molecular formula is C35H42N6O3S. The highest BCUT2D eigenvalue weighted by atomic mass is 32.1. The zero-order chi connectivity index (χ0) is 32.5. The average molecular weight is 627 g/mol. The molecule has 236 valence electrons. The molecule has 1 atom stereocenters. The van der Waals surface area contributed by atoms with E-state index in [0.717, 1.165) is 33.2 Å².